The minimum absolute atomic E-state index is 0.00307. The summed E-state index contributed by atoms with van der Waals surface area (Å²) in [4.78, 5) is 17.0. The van der Waals surface area contributed by atoms with Crippen LogP contribution in [0.15, 0.2) is 36.5 Å². The highest BCUT2D eigenvalue weighted by Gasteiger charge is 2.31. The second-order valence-electron chi connectivity index (χ2n) is 5.13. The maximum absolute atomic E-state index is 10.9. The largest absolute Gasteiger partial charge is 0.493 e. The lowest BCUT2D eigenvalue weighted by atomic mass is 10.1. The molecule has 1 aliphatic rings. The Hall–Kier alpha value is -2.47. The van der Waals surface area contributed by atoms with Crippen LogP contribution in [0, 0.1) is 0 Å². The van der Waals surface area contributed by atoms with E-state index in [9.17, 15) is 4.79 Å². The number of aromatic carboxylic acids is 1. The molecule has 7 heteroatoms. The first-order valence-electron chi connectivity index (χ1n) is 7.02. The molecule has 120 valence electrons. The molecule has 1 fully saturated rings. The van der Waals surface area contributed by atoms with Crippen molar-refractivity contribution in [2.75, 3.05) is 25.1 Å². The highest BCUT2D eigenvalue weighted by molar-refractivity contribution is 6.33. The predicted octanol–water partition coefficient (Wildman–Crippen LogP) is 2.71. The van der Waals surface area contributed by atoms with Gasteiger partial charge in [0.1, 0.15) is 11.9 Å². The molecule has 1 aromatic carbocycles. The molecule has 0 saturated carbocycles. The van der Waals surface area contributed by atoms with Crippen LogP contribution in [0.3, 0.4) is 0 Å². The molecule has 0 atom stereocenters. The summed E-state index contributed by atoms with van der Waals surface area (Å²) in [6.45, 7) is 1.24. The van der Waals surface area contributed by atoms with Gasteiger partial charge in [0.15, 0.2) is 11.5 Å². The van der Waals surface area contributed by atoms with Crippen molar-refractivity contribution in [1.29, 1.82) is 0 Å². The summed E-state index contributed by atoms with van der Waals surface area (Å²) in [5.41, 5.74) is 0.0705. The number of hydrogen-bond acceptors (Lipinski definition) is 5. The Labute approximate surface area is 138 Å². The number of anilines is 1. The molecular formula is C16H15ClN2O4. The fraction of sp³-hybridized carbons (Fsp3) is 0.250. The Kier molecular flexibility index (Phi) is 4.25. The van der Waals surface area contributed by atoms with Crippen LogP contribution < -0.4 is 14.4 Å². The predicted molar refractivity (Wildman–Crippen MR) is 85.8 cm³/mol. The van der Waals surface area contributed by atoms with Gasteiger partial charge in [0.2, 0.25) is 0 Å². The van der Waals surface area contributed by atoms with Gasteiger partial charge in [-0.3, -0.25) is 0 Å². The lowest BCUT2D eigenvalue weighted by Gasteiger charge is -2.40. The molecule has 1 aliphatic heterocycles. The first-order chi connectivity index (χ1) is 11.1. The zero-order valence-electron chi connectivity index (χ0n) is 12.4. The maximum atomic E-state index is 10.9. The average molecular weight is 335 g/mol. The van der Waals surface area contributed by atoms with Crippen molar-refractivity contribution in [3.05, 3.63) is 47.1 Å². The van der Waals surface area contributed by atoms with Crippen LogP contribution in [0.25, 0.3) is 0 Å². The van der Waals surface area contributed by atoms with Crippen molar-refractivity contribution in [2.24, 2.45) is 0 Å². The Morgan fingerprint density at radius 1 is 1.35 bits per heavy atom. The van der Waals surface area contributed by atoms with Crippen molar-refractivity contribution in [3.63, 3.8) is 0 Å². The molecule has 1 aromatic heterocycles. The lowest BCUT2D eigenvalue weighted by molar-refractivity contribution is 0.0696. The molecule has 3 rings (SSSR count). The second-order valence-corrected chi connectivity index (χ2v) is 5.54. The molecule has 2 aromatic rings. The molecule has 1 saturated heterocycles. The standard InChI is InChI=1S/C16H15ClN2O4/c1-22-13-4-2-3-5-14(13)23-11-8-19(9-11)15-12(17)6-10(7-18-15)16(20)21/h2-7,11H,8-9H2,1H3,(H,20,21). The van der Waals surface area contributed by atoms with Gasteiger partial charge >= 0.3 is 5.97 Å². The van der Waals surface area contributed by atoms with Gasteiger partial charge in [-0.1, -0.05) is 23.7 Å². The monoisotopic (exact) mass is 334 g/mol. The number of aromatic nitrogens is 1. The van der Waals surface area contributed by atoms with Gasteiger partial charge in [-0.2, -0.15) is 0 Å². The quantitative estimate of drug-likeness (QED) is 0.906. The Balaban J connectivity index is 1.64. The van der Waals surface area contributed by atoms with Crippen LogP contribution in [0.1, 0.15) is 10.4 Å². The number of carbonyl (C=O) groups is 1. The first kappa shape index (κ1) is 15.4. The third-order valence-electron chi connectivity index (χ3n) is 3.58. The number of halogens is 1. The van der Waals surface area contributed by atoms with Crippen LogP contribution in [0.4, 0.5) is 5.82 Å². The lowest BCUT2D eigenvalue weighted by Crippen LogP contribution is -2.54. The van der Waals surface area contributed by atoms with Crippen molar-refractivity contribution in [2.45, 2.75) is 6.10 Å². The SMILES string of the molecule is COc1ccccc1OC1CN(c2ncc(C(=O)O)cc2Cl)C1. The maximum Gasteiger partial charge on any atom is 0.337 e. The number of carboxylic acids is 1. The number of ether oxygens (including phenoxy) is 2. The first-order valence-corrected chi connectivity index (χ1v) is 7.39. The minimum Gasteiger partial charge on any atom is -0.493 e. The summed E-state index contributed by atoms with van der Waals surface area (Å²) in [5, 5.41) is 9.24. The smallest absolute Gasteiger partial charge is 0.337 e. The number of benzene rings is 1. The molecule has 0 aliphatic carbocycles. The van der Waals surface area contributed by atoms with Crippen molar-refractivity contribution in [1.82, 2.24) is 4.98 Å². The van der Waals surface area contributed by atoms with Gasteiger partial charge in [0.25, 0.3) is 0 Å². The van der Waals surface area contributed by atoms with E-state index in [-0.39, 0.29) is 11.7 Å². The van der Waals surface area contributed by atoms with Crippen LogP contribution in [0.5, 0.6) is 11.5 Å². The van der Waals surface area contributed by atoms with Gasteiger partial charge in [0, 0.05) is 6.20 Å². The van der Waals surface area contributed by atoms with Crippen LogP contribution in [-0.4, -0.2) is 42.4 Å². The van der Waals surface area contributed by atoms with E-state index in [1.807, 2.05) is 29.2 Å². The zero-order valence-corrected chi connectivity index (χ0v) is 13.2. The van der Waals surface area contributed by atoms with E-state index in [2.05, 4.69) is 4.98 Å². The second kappa shape index (κ2) is 6.34. The highest BCUT2D eigenvalue weighted by atomic mass is 35.5. The van der Waals surface area contributed by atoms with E-state index in [1.54, 1.807) is 7.11 Å². The number of carboxylic acid groups (broad SMARTS) is 1. The van der Waals surface area contributed by atoms with Crippen LogP contribution in [-0.2, 0) is 0 Å². The van der Waals surface area contributed by atoms with E-state index in [4.69, 9.17) is 26.2 Å². The Bertz CT molecular complexity index is 732. The Morgan fingerprint density at radius 3 is 2.65 bits per heavy atom. The van der Waals surface area contributed by atoms with Gasteiger partial charge in [-0.15, -0.1) is 0 Å². The molecule has 0 unspecified atom stereocenters. The molecule has 6 nitrogen and oxygen atoms in total. The fourth-order valence-electron chi connectivity index (χ4n) is 2.36. The zero-order chi connectivity index (χ0) is 16.4. The molecule has 0 radical (unpaired) electrons. The van der Waals surface area contributed by atoms with E-state index < -0.39 is 5.97 Å². The van der Waals surface area contributed by atoms with Gasteiger partial charge in [-0.25, -0.2) is 9.78 Å². The van der Waals surface area contributed by atoms with E-state index >= 15 is 0 Å². The van der Waals surface area contributed by atoms with E-state index in [0.29, 0.717) is 35.4 Å². The molecule has 23 heavy (non-hydrogen) atoms. The number of nitrogens with zero attached hydrogens (tertiary/aromatic N) is 2. The third-order valence-corrected chi connectivity index (χ3v) is 3.86. The van der Waals surface area contributed by atoms with Crippen molar-refractivity contribution < 1.29 is 19.4 Å². The topological polar surface area (TPSA) is 71.9 Å². The number of pyridine rings is 1. The van der Waals surface area contributed by atoms with E-state index in [0.717, 1.165) is 0 Å². The molecule has 0 spiro atoms. The Morgan fingerprint density at radius 2 is 2.04 bits per heavy atom. The number of methoxy groups -OCH3 is 1. The van der Waals surface area contributed by atoms with Gasteiger partial charge in [-0.05, 0) is 18.2 Å². The van der Waals surface area contributed by atoms with Gasteiger partial charge in [0.05, 0.1) is 30.8 Å². The average Bonchev–Trinajstić information content (AvgIpc) is 2.51. The summed E-state index contributed by atoms with van der Waals surface area (Å²) in [6, 6.07) is 8.87. The van der Waals surface area contributed by atoms with Crippen molar-refractivity contribution in [3.8, 4) is 11.5 Å². The summed E-state index contributed by atoms with van der Waals surface area (Å²) < 4.78 is 11.1. The molecule has 0 bridgehead atoms. The number of hydrogen-bond donors (Lipinski definition) is 1. The number of para-hydroxylation sites is 2. The number of rotatable bonds is 5. The summed E-state index contributed by atoms with van der Waals surface area (Å²) >= 11 is 6.11. The van der Waals surface area contributed by atoms with Gasteiger partial charge < -0.3 is 19.5 Å². The molecule has 1 N–H and O–H groups in total. The summed E-state index contributed by atoms with van der Waals surface area (Å²) in [6.07, 6.45) is 1.31. The fourth-order valence-corrected chi connectivity index (χ4v) is 2.65. The normalized spacial score (nSPS) is 14.3. The van der Waals surface area contributed by atoms with Crippen LogP contribution >= 0.6 is 11.6 Å². The van der Waals surface area contributed by atoms with E-state index in [1.165, 1.54) is 12.3 Å². The van der Waals surface area contributed by atoms with Crippen LogP contribution in [0.2, 0.25) is 5.02 Å². The molecule has 2 heterocycles. The van der Waals surface area contributed by atoms with Crippen molar-refractivity contribution >= 4 is 23.4 Å². The summed E-state index contributed by atoms with van der Waals surface area (Å²) in [7, 11) is 1.60. The highest BCUT2D eigenvalue weighted by Crippen LogP contribution is 2.32. The third kappa shape index (κ3) is 3.17. The molecular weight excluding hydrogens is 320 g/mol. The molecule has 0 amide bonds. The summed E-state index contributed by atoms with van der Waals surface area (Å²) in [5.74, 6) is 0.899. The minimum atomic E-state index is -1.05.